The summed E-state index contributed by atoms with van der Waals surface area (Å²) < 4.78 is 0. The Morgan fingerprint density at radius 3 is 3.00 bits per heavy atom. The van der Waals surface area contributed by atoms with E-state index in [1.54, 1.807) is 6.20 Å². The highest BCUT2D eigenvalue weighted by atomic mass is 15.2. The SMILES string of the molecule is Cc1cc(Nc2cc3ncccc3c(N[C@H]3C[C@@H]4CC3CN4CCC#N)n2)n[nH]1. The molecule has 8 nitrogen and oxygen atoms in total. The van der Waals surface area contributed by atoms with Crippen LogP contribution in [0.2, 0.25) is 0 Å². The molecule has 1 aliphatic carbocycles. The van der Waals surface area contributed by atoms with E-state index in [1.165, 1.54) is 6.42 Å². The lowest BCUT2D eigenvalue weighted by Crippen LogP contribution is -2.41. The van der Waals surface area contributed by atoms with E-state index in [-0.39, 0.29) is 0 Å². The van der Waals surface area contributed by atoms with Crippen molar-refractivity contribution in [3.8, 4) is 6.07 Å². The number of fused-ring (bicyclic) bond motifs is 3. The van der Waals surface area contributed by atoms with E-state index in [9.17, 15) is 0 Å². The molecule has 0 radical (unpaired) electrons. The molecule has 0 aromatic carbocycles. The van der Waals surface area contributed by atoms with Gasteiger partial charge < -0.3 is 10.6 Å². The van der Waals surface area contributed by atoms with Gasteiger partial charge in [0.05, 0.1) is 11.6 Å². The molecule has 2 bridgehead atoms. The standard InChI is InChI=1S/C21H24N8/c1-13-8-20(28-27-13)25-19-11-18-16(4-2-6-23-18)21(26-19)24-17-10-15-9-14(17)12-29(15)7-3-5-22/h2,4,6,8,11,14-15,17H,3,7,9-10,12H2,1H3,(H3,24,25,26,27,28)/t14?,15-,17-/m0/s1. The topological polar surface area (TPSA) is 106 Å². The maximum absolute atomic E-state index is 8.86. The average Bonchev–Trinajstić information content (AvgIpc) is 3.42. The van der Waals surface area contributed by atoms with E-state index in [4.69, 9.17) is 10.2 Å². The van der Waals surface area contributed by atoms with E-state index in [2.05, 4.69) is 42.9 Å². The van der Waals surface area contributed by atoms with Crippen molar-refractivity contribution < 1.29 is 0 Å². The predicted molar refractivity (Wildman–Crippen MR) is 112 cm³/mol. The lowest BCUT2D eigenvalue weighted by molar-refractivity contribution is 0.210. The molecule has 2 fully saturated rings. The molecule has 3 aromatic heterocycles. The van der Waals surface area contributed by atoms with Gasteiger partial charge in [-0.05, 0) is 37.8 Å². The molecule has 5 rings (SSSR count). The van der Waals surface area contributed by atoms with Crippen LogP contribution in [0, 0.1) is 24.2 Å². The Bertz CT molecular complexity index is 1070. The summed E-state index contributed by atoms with van der Waals surface area (Å²) in [5, 5.41) is 24.1. The highest BCUT2D eigenvalue weighted by Gasteiger charge is 2.44. The van der Waals surface area contributed by atoms with Gasteiger partial charge in [0.2, 0.25) is 0 Å². The number of H-pyrrole nitrogens is 1. The maximum Gasteiger partial charge on any atom is 0.153 e. The van der Waals surface area contributed by atoms with E-state index in [0.29, 0.717) is 24.4 Å². The third kappa shape index (κ3) is 3.49. The molecule has 8 heteroatoms. The highest BCUT2D eigenvalue weighted by Crippen LogP contribution is 2.40. The molecule has 0 spiro atoms. The number of aromatic nitrogens is 4. The minimum absolute atomic E-state index is 0.400. The summed E-state index contributed by atoms with van der Waals surface area (Å²) in [7, 11) is 0. The second-order valence-corrected chi connectivity index (χ2v) is 8.03. The zero-order valence-electron chi connectivity index (χ0n) is 16.4. The molecule has 3 atom stereocenters. The van der Waals surface area contributed by atoms with Gasteiger partial charge >= 0.3 is 0 Å². The van der Waals surface area contributed by atoms with E-state index in [0.717, 1.165) is 53.6 Å². The highest BCUT2D eigenvalue weighted by molar-refractivity contribution is 5.91. The molecule has 0 amide bonds. The minimum atomic E-state index is 0.400. The molecular weight excluding hydrogens is 364 g/mol. The van der Waals surface area contributed by atoms with Crippen molar-refractivity contribution in [2.45, 2.75) is 38.3 Å². The Morgan fingerprint density at radius 1 is 1.31 bits per heavy atom. The largest absolute Gasteiger partial charge is 0.366 e. The number of hydrogen-bond acceptors (Lipinski definition) is 7. The second kappa shape index (κ2) is 7.33. The van der Waals surface area contributed by atoms with Gasteiger partial charge in [0.25, 0.3) is 0 Å². The third-order valence-electron chi connectivity index (χ3n) is 6.05. The molecule has 3 aromatic rings. The Hall–Kier alpha value is -3.18. The van der Waals surface area contributed by atoms with Crippen molar-refractivity contribution in [1.29, 1.82) is 5.26 Å². The lowest BCUT2D eigenvalue weighted by Gasteiger charge is -2.31. The smallest absolute Gasteiger partial charge is 0.153 e. The molecule has 148 valence electrons. The number of rotatable bonds is 6. The first-order valence-corrected chi connectivity index (χ1v) is 10.1. The summed E-state index contributed by atoms with van der Waals surface area (Å²) in [6, 6.07) is 11.1. The molecular formula is C21H24N8. The number of aryl methyl sites for hydroxylation is 1. The first-order valence-electron chi connectivity index (χ1n) is 10.1. The van der Waals surface area contributed by atoms with Crippen molar-refractivity contribution in [3.05, 3.63) is 36.2 Å². The van der Waals surface area contributed by atoms with Crippen LogP contribution in [0.15, 0.2) is 30.5 Å². The number of nitrogens with one attached hydrogen (secondary N) is 3. The van der Waals surface area contributed by atoms with Gasteiger partial charge in [-0.15, -0.1) is 0 Å². The fourth-order valence-corrected chi connectivity index (χ4v) is 4.73. The molecule has 4 heterocycles. The summed E-state index contributed by atoms with van der Waals surface area (Å²) >= 11 is 0. The van der Waals surface area contributed by atoms with Crippen LogP contribution >= 0.6 is 0 Å². The lowest BCUT2D eigenvalue weighted by atomic mass is 10.0. The quantitative estimate of drug-likeness (QED) is 0.595. The van der Waals surface area contributed by atoms with Crippen LogP contribution < -0.4 is 10.6 Å². The van der Waals surface area contributed by atoms with Crippen LogP contribution in [0.1, 0.15) is 25.0 Å². The van der Waals surface area contributed by atoms with Crippen LogP contribution in [-0.2, 0) is 0 Å². The second-order valence-electron chi connectivity index (χ2n) is 8.03. The number of likely N-dealkylation sites (tertiary alicyclic amines) is 1. The predicted octanol–water partition coefficient (Wildman–Crippen LogP) is 3.19. The van der Waals surface area contributed by atoms with E-state index in [1.807, 2.05) is 25.1 Å². The maximum atomic E-state index is 8.86. The Balaban J connectivity index is 1.38. The number of hydrogen-bond donors (Lipinski definition) is 3. The van der Waals surface area contributed by atoms with Crippen molar-refractivity contribution in [2.24, 2.45) is 5.92 Å². The number of nitriles is 1. The number of pyridine rings is 2. The molecule has 1 unspecified atom stereocenters. The van der Waals surface area contributed by atoms with Crippen LogP contribution in [0.25, 0.3) is 10.9 Å². The van der Waals surface area contributed by atoms with Gasteiger partial charge in [0.1, 0.15) is 11.6 Å². The first kappa shape index (κ1) is 17.9. The summed E-state index contributed by atoms with van der Waals surface area (Å²) in [6.07, 6.45) is 4.71. The van der Waals surface area contributed by atoms with Gasteiger partial charge in [-0.25, -0.2) is 4.98 Å². The molecule has 2 aliphatic rings. The number of anilines is 3. The van der Waals surface area contributed by atoms with Crippen LogP contribution in [0.4, 0.5) is 17.5 Å². The normalized spacial score (nSPS) is 23.4. The minimum Gasteiger partial charge on any atom is -0.366 e. The Kier molecular flexibility index (Phi) is 4.52. The van der Waals surface area contributed by atoms with Crippen LogP contribution in [0.5, 0.6) is 0 Å². The zero-order chi connectivity index (χ0) is 19.8. The molecule has 1 saturated carbocycles. The van der Waals surface area contributed by atoms with Crippen molar-refractivity contribution in [2.75, 3.05) is 23.7 Å². The van der Waals surface area contributed by atoms with Gasteiger partial charge in [-0.1, -0.05) is 0 Å². The summed E-state index contributed by atoms with van der Waals surface area (Å²) in [6.45, 7) is 3.91. The van der Waals surface area contributed by atoms with Gasteiger partial charge in [-0.3, -0.25) is 15.0 Å². The van der Waals surface area contributed by atoms with Crippen molar-refractivity contribution >= 4 is 28.4 Å². The molecule has 29 heavy (non-hydrogen) atoms. The zero-order valence-corrected chi connectivity index (χ0v) is 16.4. The Labute approximate surface area is 169 Å². The summed E-state index contributed by atoms with van der Waals surface area (Å²) in [5.41, 5.74) is 1.89. The van der Waals surface area contributed by atoms with Gasteiger partial charge in [0, 0.05) is 61.0 Å². The van der Waals surface area contributed by atoms with E-state index < -0.39 is 0 Å². The van der Waals surface area contributed by atoms with E-state index >= 15 is 0 Å². The number of nitrogens with zero attached hydrogens (tertiary/aromatic N) is 5. The van der Waals surface area contributed by atoms with Crippen LogP contribution in [0.3, 0.4) is 0 Å². The number of aromatic amines is 1. The Morgan fingerprint density at radius 2 is 2.24 bits per heavy atom. The summed E-state index contributed by atoms with van der Waals surface area (Å²) in [5.74, 6) is 2.93. The summed E-state index contributed by atoms with van der Waals surface area (Å²) in [4.78, 5) is 11.8. The molecule has 1 aliphatic heterocycles. The molecule has 3 N–H and O–H groups in total. The molecule has 1 saturated heterocycles. The van der Waals surface area contributed by atoms with Crippen LogP contribution in [-0.4, -0.2) is 50.2 Å². The number of piperidine rings is 1. The first-order chi connectivity index (χ1) is 14.2. The average molecular weight is 388 g/mol. The third-order valence-corrected chi connectivity index (χ3v) is 6.05. The van der Waals surface area contributed by atoms with Crippen molar-refractivity contribution in [3.63, 3.8) is 0 Å². The fraction of sp³-hybridized carbons (Fsp3) is 0.429. The van der Waals surface area contributed by atoms with Gasteiger partial charge in [0.15, 0.2) is 5.82 Å². The monoisotopic (exact) mass is 388 g/mol. The fourth-order valence-electron chi connectivity index (χ4n) is 4.73. The van der Waals surface area contributed by atoms with Crippen molar-refractivity contribution in [1.82, 2.24) is 25.1 Å². The van der Waals surface area contributed by atoms with Gasteiger partial charge in [-0.2, -0.15) is 10.4 Å².